The minimum Gasteiger partial charge on any atom is -0.478 e. The van der Waals surface area contributed by atoms with Crippen molar-refractivity contribution in [1.82, 2.24) is 15.5 Å². The quantitative estimate of drug-likeness (QED) is 0.497. The summed E-state index contributed by atoms with van der Waals surface area (Å²) < 4.78 is 28.7. The number of dihydropyridines is 1. The van der Waals surface area contributed by atoms with E-state index in [0.717, 1.165) is 5.56 Å². The number of halogens is 2. The van der Waals surface area contributed by atoms with Crippen LogP contribution in [0.5, 0.6) is 0 Å². The van der Waals surface area contributed by atoms with E-state index >= 15 is 0 Å². The van der Waals surface area contributed by atoms with Gasteiger partial charge in [0.25, 0.3) is 0 Å². The van der Waals surface area contributed by atoms with Crippen molar-refractivity contribution >= 4 is 39.0 Å². The van der Waals surface area contributed by atoms with Gasteiger partial charge >= 0.3 is 5.97 Å². The number of nitrogens with zero attached hydrogens (tertiary/aromatic N) is 1. The lowest BCUT2D eigenvalue weighted by Crippen LogP contribution is -2.48. The summed E-state index contributed by atoms with van der Waals surface area (Å²) in [4.78, 5) is 14.5. The maximum atomic E-state index is 14.4. The molecular weight excluding hydrogens is 521 g/mol. The normalized spacial score (nSPS) is 22.6. The third-order valence-corrected chi connectivity index (χ3v) is 10.3. The molecule has 0 bridgehead atoms. The molecule has 7 nitrogen and oxygen atoms in total. The second-order valence-electron chi connectivity index (χ2n) is 9.24. The van der Waals surface area contributed by atoms with Crippen LogP contribution in [-0.4, -0.2) is 55.8 Å². The van der Waals surface area contributed by atoms with Crippen LogP contribution in [0.3, 0.4) is 0 Å². The third-order valence-electron chi connectivity index (χ3n) is 6.97. The van der Waals surface area contributed by atoms with Crippen molar-refractivity contribution in [2.24, 2.45) is 0 Å². The zero-order chi connectivity index (χ0) is 26.2. The van der Waals surface area contributed by atoms with Gasteiger partial charge in [-0.2, -0.15) is 0 Å². The molecule has 2 aliphatic heterocycles. The number of benzene rings is 2. The highest BCUT2D eigenvalue weighted by atomic mass is 35.5. The van der Waals surface area contributed by atoms with Gasteiger partial charge in [-0.05, 0) is 38.1 Å². The van der Waals surface area contributed by atoms with E-state index in [9.17, 15) is 18.3 Å². The van der Waals surface area contributed by atoms with Gasteiger partial charge in [-0.25, -0.2) is 13.2 Å². The van der Waals surface area contributed by atoms with Crippen LogP contribution in [0.1, 0.15) is 30.9 Å². The Morgan fingerprint density at radius 3 is 2.53 bits per heavy atom. The molecule has 2 aromatic carbocycles. The number of hydrogen-bond acceptors (Lipinski definition) is 6. The van der Waals surface area contributed by atoms with Crippen molar-refractivity contribution in [3.05, 3.63) is 91.6 Å². The van der Waals surface area contributed by atoms with Crippen molar-refractivity contribution in [3.8, 4) is 0 Å². The minimum atomic E-state index is -4.00. The van der Waals surface area contributed by atoms with Gasteiger partial charge < -0.3 is 15.7 Å². The fraction of sp³-hybridized carbons (Fsp3) is 0.346. The van der Waals surface area contributed by atoms with E-state index in [-0.39, 0.29) is 39.7 Å². The first-order valence-corrected chi connectivity index (χ1v) is 13.9. The topological polar surface area (TPSA) is 98.7 Å². The number of carboxylic acids is 1. The van der Waals surface area contributed by atoms with Gasteiger partial charge in [0.05, 0.1) is 31.7 Å². The van der Waals surface area contributed by atoms with E-state index in [0.29, 0.717) is 23.5 Å². The smallest absolute Gasteiger partial charge is 0.334 e. The number of nitrogens with one attached hydrogen (secondary N) is 2. The Hall–Kier alpha value is -2.36. The molecule has 4 rings (SSSR count). The molecule has 0 saturated heterocycles. The standard InChI is InChI=1S/C26H29Cl2N3O4S/c1-15-22(26(32)33)23(18-10-7-11-19(27)24(18)28)25-20(30-15)12-29-13-21(36(25,34)35)16(2)31(3)14-17-8-5-4-6-9-17/h4-11,16,21,23,29-30H,12-14H2,1-3H3,(H,32,33). The van der Waals surface area contributed by atoms with Crippen LogP contribution in [0.2, 0.25) is 10.0 Å². The highest BCUT2D eigenvalue weighted by molar-refractivity contribution is 7.96. The van der Waals surface area contributed by atoms with E-state index in [1.807, 2.05) is 49.2 Å². The molecule has 36 heavy (non-hydrogen) atoms. The maximum absolute atomic E-state index is 14.4. The molecule has 0 aliphatic carbocycles. The first kappa shape index (κ1) is 26.7. The molecule has 10 heteroatoms. The second-order valence-corrected chi connectivity index (χ2v) is 12.2. The van der Waals surface area contributed by atoms with Crippen molar-refractivity contribution in [1.29, 1.82) is 0 Å². The number of aliphatic carboxylic acids is 1. The van der Waals surface area contributed by atoms with Gasteiger partial charge in [0, 0.05) is 37.1 Å². The molecule has 0 spiro atoms. The monoisotopic (exact) mass is 549 g/mol. The van der Waals surface area contributed by atoms with Crippen molar-refractivity contribution in [2.75, 3.05) is 20.1 Å². The fourth-order valence-corrected chi connectivity index (χ4v) is 7.86. The summed E-state index contributed by atoms with van der Waals surface area (Å²) in [6.07, 6.45) is 0. The summed E-state index contributed by atoms with van der Waals surface area (Å²) in [5, 5.41) is 16.0. The molecule has 3 N–H and O–H groups in total. The van der Waals surface area contributed by atoms with Crippen LogP contribution >= 0.6 is 23.2 Å². The van der Waals surface area contributed by atoms with Crippen LogP contribution < -0.4 is 10.6 Å². The first-order valence-electron chi connectivity index (χ1n) is 11.6. The molecule has 0 amide bonds. The van der Waals surface area contributed by atoms with E-state index in [1.165, 1.54) is 0 Å². The van der Waals surface area contributed by atoms with Crippen molar-refractivity contribution in [3.63, 3.8) is 0 Å². The molecule has 0 saturated carbocycles. The summed E-state index contributed by atoms with van der Waals surface area (Å²) in [6, 6.07) is 14.3. The van der Waals surface area contributed by atoms with E-state index in [2.05, 4.69) is 10.6 Å². The van der Waals surface area contributed by atoms with Gasteiger partial charge in [0.15, 0.2) is 9.84 Å². The van der Waals surface area contributed by atoms with E-state index in [4.69, 9.17) is 23.2 Å². The molecule has 2 aromatic rings. The van der Waals surface area contributed by atoms with E-state index in [1.54, 1.807) is 25.1 Å². The molecule has 3 atom stereocenters. The lowest BCUT2D eigenvalue weighted by molar-refractivity contribution is -0.133. The number of sulfone groups is 1. The lowest BCUT2D eigenvalue weighted by atomic mass is 9.86. The molecule has 192 valence electrons. The van der Waals surface area contributed by atoms with Gasteiger partial charge in [-0.3, -0.25) is 4.90 Å². The number of carboxylic acid groups (broad SMARTS) is 1. The maximum Gasteiger partial charge on any atom is 0.334 e. The summed E-state index contributed by atoms with van der Waals surface area (Å²) >= 11 is 12.8. The Kier molecular flexibility index (Phi) is 7.83. The molecule has 3 unspecified atom stereocenters. The number of hydrogen-bond donors (Lipinski definition) is 3. The Morgan fingerprint density at radius 1 is 1.17 bits per heavy atom. The van der Waals surface area contributed by atoms with Crippen LogP contribution in [0.25, 0.3) is 0 Å². The summed E-state index contributed by atoms with van der Waals surface area (Å²) in [5.41, 5.74) is 2.16. The Bertz CT molecular complexity index is 1340. The van der Waals surface area contributed by atoms with Gasteiger partial charge in [0.1, 0.15) is 0 Å². The molecule has 0 radical (unpaired) electrons. The molecule has 2 heterocycles. The number of rotatable bonds is 6. The first-order chi connectivity index (χ1) is 17.0. The average Bonchev–Trinajstić information content (AvgIpc) is 2.95. The van der Waals surface area contributed by atoms with Gasteiger partial charge in [0.2, 0.25) is 0 Å². The Morgan fingerprint density at radius 2 is 1.86 bits per heavy atom. The molecular formula is C26H29Cl2N3O4S. The van der Waals surface area contributed by atoms with Crippen molar-refractivity contribution < 1.29 is 18.3 Å². The van der Waals surface area contributed by atoms with Gasteiger partial charge in [-0.1, -0.05) is 65.7 Å². The third kappa shape index (κ3) is 4.93. The zero-order valence-corrected chi connectivity index (χ0v) is 22.6. The number of allylic oxidation sites excluding steroid dienone is 2. The van der Waals surface area contributed by atoms with Crippen molar-refractivity contribution in [2.45, 2.75) is 37.6 Å². The number of carbonyl (C=O) groups is 1. The average molecular weight is 551 g/mol. The predicted molar refractivity (Wildman–Crippen MR) is 143 cm³/mol. The predicted octanol–water partition coefficient (Wildman–Crippen LogP) is 4.16. The largest absolute Gasteiger partial charge is 0.478 e. The second kappa shape index (κ2) is 10.6. The summed E-state index contributed by atoms with van der Waals surface area (Å²) in [5.74, 6) is -2.31. The zero-order valence-electron chi connectivity index (χ0n) is 20.3. The lowest BCUT2D eigenvalue weighted by Gasteiger charge is -2.35. The van der Waals surface area contributed by atoms with E-state index < -0.39 is 27.0 Å². The summed E-state index contributed by atoms with van der Waals surface area (Å²) in [6.45, 7) is 4.55. The molecule has 0 fully saturated rings. The highest BCUT2D eigenvalue weighted by Crippen LogP contribution is 2.46. The molecule has 2 aliphatic rings. The summed E-state index contributed by atoms with van der Waals surface area (Å²) in [7, 11) is -2.11. The Balaban J connectivity index is 1.82. The van der Waals surface area contributed by atoms with Crippen LogP contribution in [0.15, 0.2) is 70.4 Å². The van der Waals surface area contributed by atoms with Crippen LogP contribution in [0.4, 0.5) is 0 Å². The van der Waals surface area contributed by atoms with Crippen LogP contribution in [0, 0.1) is 0 Å². The van der Waals surface area contributed by atoms with Gasteiger partial charge in [-0.15, -0.1) is 0 Å². The highest BCUT2D eigenvalue weighted by Gasteiger charge is 2.47. The van der Waals surface area contributed by atoms with Crippen LogP contribution in [-0.2, 0) is 21.2 Å². The minimum absolute atomic E-state index is 0.0321. The SMILES string of the molecule is CC1=C(C(=O)O)C(c2cccc(Cl)c2Cl)C2=C(CNCC(C(C)N(C)Cc3ccccc3)S2(=O)=O)N1. The molecule has 0 aromatic heterocycles. The Labute approximate surface area is 221 Å². The fourth-order valence-electron chi connectivity index (χ4n) is 5.01.